The van der Waals surface area contributed by atoms with E-state index in [1.807, 2.05) is 29.0 Å². The molecule has 8 heteroatoms. The minimum Gasteiger partial charge on any atom is -0.386 e. The van der Waals surface area contributed by atoms with Crippen LogP contribution in [0.4, 0.5) is 5.82 Å². The van der Waals surface area contributed by atoms with Gasteiger partial charge in [-0.05, 0) is 25.1 Å². The lowest BCUT2D eigenvalue weighted by molar-refractivity contribution is -0.123. The summed E-state index contributed by atoms with van der Waals surface area (Å²) in [6, 6.07) is 3.85. The predicted octanol–water partition coefficient (Wildman–Crippen LogP) is 0.0610. The molecule has 0 bridgehead atoms. The van der Waals surface area contributed by atoms with Crippen LogP contribution in [0, 0.1) is 0 Å². The summed E-state index contributed by atoms with van der Waals surface area (Å²) in [4.78, 5) is 28.5. The summed E-state index contributed by atoms with van der Waals surface area (Å²) in [5.41, 5.74) is 0.103. The van der Waals surface area contributed by atoms with Gasteiger partial charge in [-0.3, -0.25) is 19.7 Å². The standard InChI is InChI=1S/C18H24N6O2/c1-23(11-15-3-2-5-19-9-15)12-17(25)22-13-18(26)4-8-24(14-18)16-10-20-6-7-21-16/h2-3,5-7,9-10,26H,4,8,11-14H2,1H3,(H,22,25). The third-order valence-electron chi connectivity index (χ3n) is 4.41. The molecule has 1 saturated heterocycles. The maximum absolute atomic E-state index is 12.2. The number of pyridine rings is 1. The van der Waals surface area contributed by atoms with Crippen molar-refractivity contribution in [2.45, 2.75) is 18.6 Å². The lowest BCUT2D eigenvalue weighted by Crippen LogP contribution is -2.47. The van der Waals surface area contributed by atoms with Crippen molar-refractivity contribution >= 4 is 11.7 Å². The lowest BCUT2D eigenvalue weighted by atomic mass is 10.0. The smallest absolute Gasteiger partial charge is 0.234 e. The van der Waals surface area contributed by atoms with Crippen molar-refractivity contribution in [3.63, 3.8) is 0 Å². The van der Waals surface area contributed by atoms with Crippen molar-refractivity contribution in [3.05, 3.63) is 48.7 Å². The number of hydrogen-bond donors (Lipinski definition) is 2. The van der Waals surface area contributed by atoms with Gasteiger partial charge in [0.2, 0.25) is 5.91 Å². The van der Waals surface area contributed by atoms with E-state index < -0.39 is 5.60 Å². The largest absolute Gasteiger partial charge is 0.386 e. The Morgan fingerprint density at radius 3 is 2.92 bits per heavy atom. The van der Waals surface area contributed by atoms with E-state index in [0.717, 1.165) is 11.4 Å². The second kappa shape index (κ2) is 8.20. The van der Waals surface area contributed by atoms with Gasteiger partial charge in [0.1, 0.15) is 11.4 Å². The number of aromatic nitrogens is 3. The highest BCUT2D eigenvalue weighted by molar-refractivity contribution is 5.78. The molecule has 138 valence electrons. The van der Waals surface area contributed by atoms with Crippen molar-refractivity contribution in [1.29, 1.82) is 0 Å². The molecule has 0 aromatic carbocycles. The van der Waals surface area contributed by atoms with E-state index in [4.69, 9.17) is 0 Å². The number of β-amino-alcohol motifs (C(OH)–C–C–N with tert-alkyl or cyclic N) is 1. The minimum atomic E-state index is -0.949. The number of carbonyl (C=O) groups excluding carboxylic acids is 1. The molecule has 1 aliphatic rings. The maximum Gasteiger partial charge on any atom is 0.234 e. The molecule has 2 aromatic heterocycles. The number of hydrogen-bond acceptors (Lipinski definition) is 7. The topological polar surface area (TPSA) is 94.5 Å². The van der Waals surface area contributed by atoms with Gasteiger partial charge in [-0.1, -0.05) is 6.07 Å². The van der Waals surface area contributed by atoms with Crippen LogP contribution in [0.5, 0.6) is 0 Å². The van der Waals surface area contributed by atoms with Gasteiger partial charge >= 0.3 is 0 Å². The first-order valence-corrected chi connectivity index (χ1v) is 8.62. The Morgan fingerprint density at radius 1 is 1.35 bits per heavy atom. The zero-order valence-electron chi connectivity index (χ0n) is 14.9. The molecule has 3 rings (SSSR count). The van der Waals surface area contributed by atoms with Gasteiger partial charge in [-0.25, -0.2) is 4.98 Å². The number of anilines is 1. The highest BCUT2D eigenvalue weighted by atomic mass is 16.3. The molecule has 0 saturated carbocycles. The number of rotatable bonds is 7. The Hall–Kier alpha value is -2.58. The van der Waals surface area contributed by atoms with E-state index in [1.54, 1.807) is 31.0 Å². The van der Waals surface area contributed by atoms with Gasteiger partial charge in [0, 0.05) is 51.0 Å². The van der Waals surface area contributed by atoms with E-state index in [-0.39, 0.29) is 19.0 Å². The molecule has 2 N–H and O–H groups in total. The van der Waals surface area contributed by atoms with Gasteiger partial charge in [0.15, 0.2) is 0 Å². The van der Waals surface area contributed by atoms with Crippen molar-refractivity contribution in [2.24, 2.45) is 0 Å². The SMILES string of the molecule is CN(CC(=O)NCC1(O)CCN(c2cnccn2)C1)Cc1cccnc1. The molecule has 3 heterocycles. The molecule has 8 nitrogen and oxygen atoms in total. The van der Waals surface area contributed by atoms with Gasteiger partial charge in [-0.2, -0.15) is 0 Å². The second-order valence-electron chi connectivity index (χ2n) is 6.77. The van der Waals surface area contributed by atoms with Crippen LogP contribution in [-0.4, -0.2) is 69.7 Å². The minimum absolute atomic E-state index is 0.109. The first-order chi connectivity index (χ1) is 12.5. The van der Waals surface area contributed by atoms with Gasteiger partial charge in [0.25, 0.3) is 0 Å². The Bertz CT molecular complexity index is 714. The summed E-state index contributed by atoms with van der Waals surface area (Å²) in [7, 11) is 1.88. The average Bonchev–Trinajstić information content (AvgIpc) is 3.04. The second-order valence-corrected chi connectivity index (χ2v) is 6.77. The maximum atomic E-state index is 12.2. The molecule has 0 spiro atoms. The van der Waals surface area contributed by atoms with E-state index in [9.17, 15) is 9.90 Å². The van der Waals surface area contributed by atoms with E-state index in [1.165, 1.54) is 0 Å². The highest BCUT2D eigenvalue weighted by Crippen LogP contribution is 2.24. The van der Waals surface area contributed by atoms with Crippen LogP contribution in [0.1, 0.15) is 12.0 Å². The molecule has 1 amide bonds. The van der Waals surface area contributed by atoms with E-state index >= 15 is 0 Å². The fourth-order valence-electron chi connectivity index (χ4n) is 3.07. The molecule has 1 unspecified atom stereocenters. The van der Waals surface area contributed by atoms with Crippen LogP contribution >= 0.6 is 0 Å². The van der Waals surface area contributed by atoms with Gasteiger partial charge < -0.3 is 15.3 Å². The molecular formula is C18H24N6O2. The summed E-state index contributed by atoms with van der Waals surface area (Å²) in [5.74, 6) is 0.633. The number of nitrogens with zero attached hydrogens (tertiary/aromatic N) is 5. The van der Waals surface area contributed by atoms with Crippen LogP contribution in [0.15, 0.2) is 43.1 Å². The number of nitrogens with one attached hydrogen (secondary N) is 1. The van der Waals surface area contributed by atoms with Crippen LogP contribution in [0.2, 0.25) is 0 Å². The molecule has 0 radical (unpaired) electrons. The summed E-state index contributed by atoms with van der Waals surface area (Å²) in [6.45, 7) is 2.25. The Labute approximate surface area is 152 Å². The van der Waals surface area contributed by atoms with E-state index in [2.05, 4.69) is 20.3 Å². The first kappa shape index (κ1) is 18.2. The van der Waals surface area contributed by atoms with Crippen molar-refractivity contribution in [3.8, 4) is 0 Å². The van der Waals surface area contributed by atoms with E-state index in [0.29, 0.717) is 26.1 Å². The number of likely N-dealkylation sites (N-methyl/N-ethyl adjacent to an activating group) is 1. The monoisotopic (exact) mass is 356 g/mol. The number of carbonyl (C=O) groups is 1. The Balaban J connectivity index is 1.44. The third kappa shape index (κ3) is 4.96. The Morgan fingerprint density at radius 2 is 2.19 bits per heavy atom. The van der Waals surface area contributed by atoms with Crippen molar-refractivity contribution in [1.82, 2.24) is 25.2 Å². The molecular weight excluding hydrogens is 332 g/mol. The van der Waals surface area contributed by atoms with Crippen LogP contribution in [0.25, 0.3) is 0 Å². The lowest BCUT2D eigenvalue weighted by Gasteiger charge is -2.24. The van der Waals surface area contributed by atoms with Crippen molar-refractivity contribution < 1.29 is 9.90 Å². The summed E-state index contributed by atoms with van der Waals surface area (Å²) in [6.07, 6.45) is 9.02. The zero-order chi connectivity index (χ0) is 18.4. The third-order valence-corrected chi connectivity index (χ3v) is 4.41. The Kier molecular flexibility index (Phi) is 5.75. The number of aliphatic hydroxyl groups is 1. The predicted molar refractivity (Wildman–Crippen MR) is 97.4 cm³/mol. The summed E-state index contributed by atoms with van der Waals surface area (Å²) < 4.78 is 0. The van der Waals surface area contributed by atoms with Crippen molar-refractivity contribution in [2.75, 3.05) is 38.1 Å². The summed E-state index contributed by atoms with van der Waals surface area (Å²) in [5, 5.41) is 13.6. The molecule has 1 fully saturated rings. The zero-order valence-corrected chi connectivity index (χ0v) is 14.9. The average molecular weight is 356 g/mol. The normalized spacial score (nSPS) is 19.7. The molecule has 1 aliphatic heterocycles. The molecule has 26 heavy (non-hydrogen) atoms. The molecule has 0 aliphatic carbocycles. The van der Waals surface area contributed by atoms with Gasteiger partial charge in [-0.15, -0.1) is 0 Å². The van der Waals surface area contributed by atoms with Crippen LogP contribution in [-0.2, 0) is 11.3 Å². The fourth-order valence-corrected chi connectivity index (χ4v) is 3.07. The van der Waals surface area contributed by atoms with Crippen LogP contribution in [0.3, 0.4) is 0 Å². The summed E-state index contributed by atoms with van der Waals surface area (Å²) >= 11 is 0. The van der Waals surface area contributed by atoms with Gasteiger partial charge in [0.05, 0.1) is 12.7 Å². The fraction of sp³-hybridized carbons (Fsp3) is 0.444. The van der Waals surface area contributed by atoms with Crippen LogP contribution < -0.4 is 10.2 Å². The first-order valence-electron chi connectivity index (χ1n) is 8.62. The molecule has 2 aromatic rings. The quantitative estimate of drug-likeness (QED) is 0.724. The number of amides is 1. The molecule has 1 atom stereocenters. The highest BCUT2D eigenvalue weighted by Gasteiger charge is 2.37.